The summed E-state index contributed by atoms with van der Waals surface area (Å²) in [6, 6.07) is 6.32. The molecule has 1 aromatic carbocycles. The number of nitrogens with zero attached hydrogens (tertiary/aromatic N) is 2. The number of hydrogen-bond acceptors (Lipinski definition) is 11. The third-order valence-corrected chi connectivity index (χ3v) is 28.2. The standard InChI is InChI=1S/C41H56N2O5S.C29H48N2O4S/c1-25-19-37-38(43(24-25)48-39(44)30-12-11-28-9-7-6-8-10-29(28)20-30)27(3)41(47-37)18-16-33-34-14-13-31-21-32(42-49(5,45)46)15-17-40(31,4)36(34)22-35(33)26(2)23-41;1-17-12-26-27(31(32)16-17)19(3)29(35-26)11-9-22-23-7-6-20-13-21(30-36(5,33)34)8-10-28(20,4)25(23)14-24(22)18(2)15-29/h6-9,11-12,20,25,27,31-34,36-38,42H,10,13-19,21-24H2,1-5H3;17,19-23,25-27,30,32H,6-16H2,1-5H3/t25-,27+,31+,32+,33-,34-,36-,37+,38-,40-,41-;17-,19+,20+,21+,22-,23-,25-,26+,27-,28-,29-/m00/s1. The predicted molar refractivity (Wildman–Crippen MR) is 334 cm³/mol. The molecule has 10 fully saturated rings. The number of rotatable bonds is 6. The maximum atomic E-state index is 13.7. The summed E-state index contributed by atoms with van der Waals surface area (Å²) in [6.45, 7) is 20.5. The molecular weight excluding hydrogens is 1100 g/mol. The van der Waals surface area contributed by atoms with Gasteiger partial charge in [-0.1, -0.05) is 94.2 Å². The van der Waals surface area contributed by atoms with E-state index < -0.39 is 20.0 Å². The van der Waals surface area contributed by atoms with Crippen molar-refractivity contribution in [2.75, 3.05) is 25.6 Å². The highest BCUT2D eigenvalue weighted by Crippen LogP contribution is 2.68. The van der Waals surface area contributed by atoms with Crippen molar-refractivity contribution in [3.8, 4) is 0 Å². The number of piperidine rings is 2. The molecule has 9 aliphatic carbocycles. The Labute approximate surface area is 510 Å². The van der Waals surface area contributed by atoms with Crippen molar-refractivity contribution >= 4 is 32.1 Å². The van der Waals surface area contributed by atoms with Gasteiger partial charge in [-0.3, -0.25) is 0 Å². The molecule has 14 rings (SSSR count). The van der Waals surface area contributed by atoms with Gasteiger partial charge in [-0.05, 0) is 242 Å². The minimum Gasteiger partial charge on any atom is -0.369 e. The van der Waals surface area contributed by atoms with Crippen LogP contribution in [0.25, 0.3) is 6.08 Å². The summed E-state index contributed by atoms with van der Waals surface area (Å²) in [7, 11) is -6.33. The Morgan fingerprint density at radius 3 is 1.72 bits per heavy atom. The number of carbonyl (C=O) groups is 1. The van der Waals surface area contributed by atoms with Crippen LogP contribution in [-0.2, 0) is 40.8 Å². The Kier molecular flexibility index (Phi) is 16.2. The molecule has 0 bridgehead atoms. The van der Waals surface area contributed by atoms with Crippen molar-refractivity contribution in [3.63, 3.8) is 0 Å². The van der Waals surface area contributed by atoms with Crippen LogP contribution in [0.2, 0.25) is 0 Å². The monoisotopic (exact) mass is 1210 g/mol. The number of hydrogen-bond donors (Lipinski definition) is 3. The Bertz CT molecular complexity index is 3120. The van der Waals surface area contributed by atoms with Crippen molar-refractivity contribution < 1.29 is 41.1 Å². The Balaban J connectivity index is 0.000000166. The first kappa shape index (κ1) is 61.1. The van der Waals surface area contributed by atoms with Crippen molar-refractivity contribution in [1.29, 1.82) is 0 Å². The zero-order valence-electron chi connectivity index (χ0n) is 53.1. The number of benzene rings is 1. The van der Waals surface area contributed by atoms with Crippen LogP contribution in [0.5, 0.6) is 0 Å². The summed E-state index contributed by atoms with van der Waals surface area (Å²) >= 11 is 0. The quantitative estimate of drug-likeness (QED) is 0.232. The first-order chi connectivity index (χ1) is 40.2. The molecule has 0 unspecified atom stereocenters. The van der Waals surface area contributed by atoms with E-state index in [0.717, 1.165) is 120 Å². The molecule has 1 aromatic rings. The van der Waals surface area contributed by atoms with Crippen molar-refractivity contribution in [1.82, 2.24) is 19.6 Å². The number of nitrogens with one attached hydrogen (secondary N) is 2. The topological polar surface area (TPSA) is 164 Å². The number of carbonyl (C=O) groups excluding carboxylic acids is 1. The average molecular weight is 1210 g/mol. The van der Waals surface area contributed by atoms with E-state index in [0.29, 0.717) is 64.2 Å². The molecule has 15 heteroatoms. The fraction of sp³-hybridized carbons (Fsp3) is 0.786. The van der Waals surface area contributed by atoms with E-state index in [9.17, 15) is 26.8 Å². The van der Waals surface area contributed by atoms with Gasteiger partial charge in [-0.25, -0.2) is 31.1 Å². The molecular formula is C70H104N4O9S2. The molecule has 470 valence electrons. The van der Waals surface area contributed by atoms with Crippen LogP contribution < -0.4 is 9.44 Å². The third-order valence-electron chi connectivity index (χ3n) is 26.6. The lowest BCUT2D eigenvalue weighted by atomic mass is 9.52. The number of allylic oxidation sites excluding steroid dienone is 5. The average Bonchev–Trinajstić information content (AvgIpc) is 1.66. The molecule has 4 saturated heterocycles. The van der Waals surface area contributed by atoms with E-state index in [1.807, 2.05) is 29.3 Å². The Morgan fingerprint density at radius 1 is 0.659 bits per heavy atom. The lowest BCUT2D eigenvalue weighted by Crippen LogP contribution is -2.52. The fourth-order valence-electron chi connectivity index (χ4n) is 22.6. The molecule has 6 saturated carbocycles. The Hall–Kier alpha value is -2.73. The summed E-state index contributed by atoms with van der Waals surface area (Å²) < 4.78 is 67.8. The van der Waals surface area contributed by atoms with Gasteiger partial charge in [0.2, 0.25) is 20.0 Å². The summed E-state index contributed by atoms with van der Waals surface area (Å²) in [5.74, 6) is 6.59. The summed E-state index contributed by atoms with van der Waals surface area (Å²) in [5, 5.41) is 14.4. The van der Waals surface area contributed by atoms with Gasteiger partial charge in [-0.15, -0.1) is 5.06 Å². The van der Waals surface area contributed by atoms with Gasteiger partial charge >= 0.3 is 5.97 Å². The van der Waals surface area contributed by atoms with E-state index >= 15 is 0 Å². The van der Waals surface area contributed by atoms with Gasteiger partial charge in [0.25, 0.3) is 0 Å². The maximum absolute atomic E-state index is 13.7. The van der Waals surface area contributed by atoms with E-state index in [1.54, 1.807) is 27.4 Å². The minimum atomic E-state index is -3.18. The van der Waals surface area contributed by atoms with Crippen LogP contribution in [0, 0.1) is 81.8 Å². The SMILES string of the molecule is CC1=C2C[C@H]3[C@@H](CC[C@@H]4C[C@H](NS(C)(=O)=O)CC[C@@]43C)[C@@H]2CC[C@@]2(C1)O[C@@H]1C[C@H](C)CN(O)[C@H]1[C@H]2C.CC1=C2C[C@H]3[C@@H](CC[C@@H]4C[C@H](NS(C)(=O)=O)CC[C@@]43C)[C@@H]2CC[C@@]2(C1)O[C@@H]1C[C@H](C)CN(OC(=O)c3ccc4c(c3)CC=CC=C4)[C@H]1[C@H]2C. The zero-order chi connectivity index (χ0) is 59.9. The lowest BCUT2D eigenvalue weighted by Gasteiger charge is -2.54. The maximum Gasteiger partial charge on any atom is 0.357 e. The molecule has 0 aromatic heterocycles. The van der Waals surface area contributed by atoms with Gasteiger partial charge in [0.05, 0.1) is 53.6 Å². The molecule has 22 atom stereocenters. The van der Waals surface area contributed by atoms with Crippen LogP contribution in [0.15, 0.2) is 58.7 Å². The summed E-state index contributed by atoms with van der Waals surface area (Å²) in [5.41, 5.74) is 9.71. The normalized spacial score (nSPS) is 45.8. The summed E-state index contributed by atoms with van der Waals surface area (Å²) in [4.78, 5) is 20.0. The molecule has 13 nitrogen and oxygen atoms in total. The fourth-order valence-corrected chi connectivity index (χ4v) is 24.3. The first-order valence-electron chi connectivity index (χ1n) is 33.8. The molecule has 13 aliphatic rings. The predicted octanol–water partition coefficient (Wildman–Crippen LogP) is 12.8. The first-order valence-corrected chi connectivity index (χ1v) is 37.6. The van der Waals surface area contributed by atoms with E-state index in [4.69, 9.17) is 14.3 Å². The highest BCUT2D eigenvalue weighted by molar-refractivity contribution is 7.89. The molecule has 4 aliphatic heterocycles. The molecule has 4 heterocycles. The van der Waals surface area contributed by atoms with E-state index in [-0.39, 0.29) is 64.9 Å². The number of hydroxylamine groups is 4. The van der Waals surface area contributed by atoms with E-state index in [1.165, 1.54) is 63.9 Å². The number of fused-ring (bicyclic) bond motifs is 13. The van der Waals surface area contributed by atoms with Crippen LogP contribution in [0.4, 0.5) is 0 Å². The van der Waals surface area contributed by atoms with Crippen LogP contribution in [0.3, 0.4) is 0 Å². The number of ether oxygens (including phenoxy) is 2. The zero-order valence-corrected chi connectivity index (χ0v) is 54.8. The van der Waals surface area contributed by atoms with Crippen LogP contribution >= 0.6 is 0 Å². The second kappa shape index (κ2) is 22.6. The second-order valence-corrected chi connectivity index (χ2v) is 35.2. The van der Waals surface area contributed by atoms with Gasteiger partial charge in [0, 0.05) is 37.0 Å². The van der Waals surface area contributed by atoms with Crippen molar-refractivity contribution in [3.05, 3.63) is 75.4 Å². The highest BCUT2D eigenvalue weighted by Gasteiger charge is 2.63. The van der Waals surface area contributed by atoms with Crippen LogP contribution in [-0.4, -0.2) is 111 Å². The van der Waals surface area contributed by atoms with Gasteiger partial charge < -0.3 is 19.5 Å². The highest BCUT2D eigenvalue weighted by atomic mass is 32.2. The Morgan fingerprint density at radius 2 is 1.18 bits per heavy atom. The molecule has 2 spiro atoms. The van der Waals surface area contributed by atoms with Crippen molar-refractivity contribution in [2.45, 2.75) is 238 Å². The van der Waals surface area contributed by atoms with E-state index in [2.05, 4.69) is 83.1 Å². The minimum absolute atomic E-state index is 0.0559. The van der Waals surface area contributed by atoms with Crippen molar-refractivity contribution in [2.24, 2.45) is 81.8 Å². The van der Waals surface area contributed by atoms with Gasteiger partial charge in [-0.2, -0.15) is 5.06 Å². The molecule has 3 N–H and O–H groups in total. The van der Waals surface area contributed by atoms with Gasteiger partial charge in [0.15, 0.2) is 0 Å². The smallest absolute Gasteiger partial charge is 0.357 e. The molecule has 0 radical (unpaired) electrons. The lowest BCUT2D eigenvalue weighted by molar-refractivity contribution is -0.182. The number of sulfonamides is 2. The molecule has 85 heavy (non-hydrogen) atoms. The van der Waals surface area contributed by atoms with Crippen LogP contribution in [0.1, 0.15) is 205 Å². The summed E-state index contributed by atoms with van der Waals surface area (Å²) in [6.07, 6.45) is 34.1. The third kappa shape index (κ3) is 11.1. The molecule has 0 amide bonds. The largest absolute Gasteiger partial charge is 0.369 e. The van der Waals surface area contributed by atoms with Gasteiger partial charge in [0.1, 0.15) is 0 Å². The second-order valence-electron chi connectivity index (χ2n) is 31.7.